The van der Waals surface area contributed by atoms with Crippen LogP contribution in [0.5, 0.6) is 17.2 Å². The minimum Gasteiger partial charge on any atom is -0.418 e. The lowest BCUT2D eigenvalue weighted by molar-refractivity contribution is 0.364. The highest BCUT2D eigenvalue weighted by Crippen LogP contribution is 2.52. The van der Waals surface area contributed by atoms with Crippen LogP contribution in [0.15, 0.2) is 91.0 Å². The van der Waals surface area contributed by atoms with Crippen LogP contribution in [0.2, 0.25) is 0 Å². The summed E-state index contributed by atoms with van der Waals surface area (Å²) in [4.78, 5) is 0. The number of alkyl halides is 2. The van der Waals surface area contributed by atoms with Crippen molar-refractivity contribution in [2.24, 2.45) is 0 Å². The normalized spacial score (nSPS) is 13.7. The zero-order chi connectivity index (χ0) is 27.4. The van der Waals surface area contributed by atoms with E-state index in [2.05, 4.69) is 10.4 Å². The molecule has 0 saturated carbocycles. The lowest BCUT2D eigenvalue weighted by atomic mass is 10.3. The minimum absolute atomic E-state index is 0.0838. The van der Waals surface area contributed by atoms with E-state index in [9.17, 15) is 9.13 Å². The van der Waals surface area contributed by atoms with Crippen LogP contribution in [0.1, 0.15) is 6.92 Å². The van der Waals surface area contributed by atoms with Gasteiger partial charge in [0.2, 0.25) is 0 Å². The smallest absolute Gasteiger partial charge is 0.418 e. The monoisotopic (exact) mass is 615 g/mol. The Morgan fingerprint density at radius 1 is 0.789 bits per heavy atom. The number of nitrogens with zero attached hydrogens (tertiary/aromatic N) is 1. The second-order valence-electron chi connectivity index (χ2n) is 7.87. The zero-order valence-electron chi connectivity index (χ0n) is 20.6. The highest BCUT2D eigenvalue weighted by Gasteiger charge is 2.39. The first-order valence-electron chi connectivity index (χ1n) is 11.7. The van der Waals surface area contributed by atoms with Gasteiger partial charge in [-0.05, 0) is 55.5 Å². The van der Waals surface area contributed by atoms with Crippen molar-refractivity contribution in [3.63, 3.8) is 0 Å². The molecule has 0 fully saturated rings. The van der Waals surface area contributed by atoms with Crippen molar-refractivity contribution in [2.45, 2.75) is 12.7 Å². The van der Waals surface area contributed by atoms with Crippen LogP contribution in [0.25, 0.3) is 0 Å². The van der Waals surface area contributed by atoms with E-state index < -0.39 is 21.0 Å². The predicted octanol–water partition coefficient (Wildman–Crippen LogP) is 7.11. The van der Waals surface area contributed by atoms with Gasteiger partial charge in [-0.2, -0.15) is 0 Å². The Hall–Kier alpha value is -2.25. The Balaban J connectivity index is 1.83. The molecule has 0 aliphatic heterocycles. The third kappa shape index (κ3) is 8.91. The fourth-order valence-electron chi connectivity index (χ4n) is 3.21. The molecule has 8 nitrogen and oxygen atoms in total. The Bertz CT molecular complexity index is 1190. The van der Waals surface area contributed by atoms with Crippen molar-refractivity contribution in [2.75, 3.05) is 24.8 Å². The average Bonchev–Trinajstić information content (AvgIpc) is 2.90. The molecule has 0 radical (unpaired) electrons. The van der Waals surface area contributed by atoms with Crippen molar-refractivity contribution in [1.29, 1.82) is 0 Å². The number of halogens is 2. The Morgan fingerprint density at radius 3 is 1.58 bits per heavy atom. The summed E-state index contributed by atoms with van der Waals surface area (Å²) in [5, 5.41) is 5.59. The van der Waals surface area contributed by atoms with Crippen molar-refractivity contribution in [1.82, 2.24) is 15.1 Å². The summed E-state index contributed by atoms with van der Waals surface area (Å²) in [7, 11) is -7.76. The van der Waals surface area contributed by atoms with E-state index in [4.69, 9.17) is 49.0 Å². The standard InChI is InChI=1S/C25H29Cl2N3O5P2S/c1-21(36(31,33-22-11-5-2-6-12-22)34-23-13-7-3-8-14-23)28-25(38)29-37(32,30(19-17-26)20-18-27)35-24-15-9-4-10-16-24/h2-16,21H,17-20H2,1H3,(H2,28,29,32,38). The molecule has 3 aromatic carbocycles. The van der Waals surface area contributed by atoms with Gasteiger partial charge in [0.05, 0.1) is 0 Å². The Kier molecular flexibility index (Phi) is 11.8. The molecule has 0 heterocycles. The molecule has 204 valence electrons. The number of hydrogen-bond acceptors (Lipinski definition) is 6. The molecule has 3 aromatic rings. The van der Waals surface area contributed by atoms with E-state index in [0.29, 0.717) is 17.2 Å². The summed E-state index contributed by atoms with van der Waals surface area (Å²) in [6.45, 7) is 2.03. The van der Waals surface area contributed by atoms with Gasteiger partial charge in [0.1, 0.15) is 17.2 Å². The van der Waals surface area contributed by atoms with Crippen LogP contribution in [0.3, 0.4) is 0 Å². The predicted molar refractivity (Wildman–Crippen MR) is 158 cm³/mol. The molecule has 2 N–H and O–H groups in total. The molecule has 0 bridgehead atoms. The highest BCUT2D eigenvalue weighted by molar-refractivity contribution is 7.81. The van der Waals surface area contributed by atoms with E-state index in [1.165, 1.54) is 4.67 Å². The fraction of sp³-hybridized carbons (Fsp3) is 0.240. The van der Waals surface area contributed by atoms with Gasteiger partial charge in [-0.1, -0.05) is 54.6 Å². The van der Waals surface area contributed by atoms with Crippen LogP contribution in [-0.4, -0.2) is 40.4 Å². The molecule has 0 aliphatic carbocycles. The lowest BCUT2D eigenvalue weighted by Crippen LogP contribution is -2.44. The maximum atomic E-state index is 14.1. The van der Waals surface area contributed by atoms with Crippen LogP contribution in [0, 0.1) is 0 Å². The van der Waals surface area contributed by atoms with Gasteiger partial charge in [0.15, 0.2) is 10.9 Å². The molecule has 0 amide bonds. The highest BCUT2D eigenvalue weighted by atomic mass is 35.5. The Morgan fingerprint density at radius 2 is 1.18 bits per heavy atom. The second kappa shape index (κ2) is 14.8. The van der Waals surface area contributed by atoms with Crippen LogP contribution < -0.4 is 24.0 Å². The fourth-order valence-corrected chi connectivity index (χ4v) is 7.69. The minimum atomic E-state index is -3.91. The van der Waals surface area contributed by atoms with E-state index in [1.807, 2.05) is 18.2 Å². The number of thiocarbonyl (C=S) groups is 1. The van der Waals surface area contributed by atoms with E-state index in [1.54, 1.807) is 79.7 Å². The quantitative estimate of drug-likeness (QED) is 0.112. The number of rotatable bonds is 14. The summed E-state index contributed by atoms with van der Waals surface area (Å²) in [6.07, 6.45) is 0. The number of para-hydroxylation sites is 3. The Labute approximate surface area is 238 Å². The largest absolute Gasteiger partial charge is 0.452 e. The third-order valence-corrected chi connectivity index (χ3v) is 9.87. The average molecular weight is 616 g/mol. The number of hydrogen-bond donors (Lipinski definition) is 2. The topological polar surface area (TPSA) is 89.1 Å². The summed E-state index contributed by atoms with van der Waals surface area (Å²) in [5.74, 6) is 0.479. The van der Waals surface area contributed by atoms with Crippen molar-refractivity contribution >= 4 is 55.8 Å². The van der Waals surface area contributed by atoms with E-state index >= 15 is 0 Å². The van der Waals surface area contributed by atoms with Gasteiger partial charge in [-0.25, -0.2) is 13.8 Å². The summed E-state index contributed by atoms with van der Waals surface area (Å²) in [5.41, 5.74) is 0. The maximum Gasteiger partial charge on any atom is 0.452 e. The van der Waals surface area contributed by atoms with Gasteiger partial charge in [0, 0.05) is 24.8 Å². The first-order valence-corrected chi connectivity index (χ1v) is 16.3. The molecule has 3 rings (SSSR count). The number of nitrogens with one attached hydrogen (secondary N) is 2. The molecule has 2 atom stereocenters. The molecular formula is C25H29Cl2N3O5P2S. The second-order valence-corrected chi connectivity index (χ2v) is 13.3. The van der Waals surface area contributed by atoms with Gasteiger partial charge in [-0.15, -0.1) is 23.2 Å². The van der Waals surface area contributed by atoms with Crippen molar-refractivity contribution < 1.29 is 22.7 Å². The van der Waals surface area contributed by atoms with Crippen molar-refractivity contribution in [3.8, 4) is 17.2 Å². The molecule has 0 saturated heterocycles. The molecule has 0 aromatic heterocycles. The van der Waals surface area contributed by atoms with Crippen LogP contribution in [0.4, 0.5) is 0 Å². The van der Waals surface area contributed by atoms with Crippen LogP contribution >= 0.6 is 50.7 Å². The van der Waals surface area contributed by atoms with E-state index in [-0.39, 0.29) is 30.0 Å². The molecule has 0 spiro atoms. The van der Waals surface area contributed by atoms with E-state index in [0.717, 1.165) is 0 Å². The van der Waals surface area contributed by atoms with Gasteiger partial charge >= 0.3 is 15.3 Å². The molecule has 13 heteroatoms. The molecule has 0 aliphatic rings. The maximum absolute atomic E-state index is 14.1. The first-order chi connectivity index (χ1) is 18.3. The molecule has 2 unspecified atom stereocenters. The summed E-state index contributed by atoms with van der Waals surface area (Å²) in [6, 6.07) is 26.0. The number of benzene rings is 3. The van der Waals surface area contributed by atoms with Crippen LogP contribution in [-0.2, 0) is 9.13 Å². The van der Waals surface area contributed by atoms with Gasteiger partial charge in [0.25, 0.3) is 0 Å². The summed E-state index contributed by atoms with van der Waals surface area (Å²) >= 11 is 17.4. The lowest BCUT2D eigenvalue weighted by Gasteiger charge is -2.32. The van der Waals surface area contributed by atoms with Gasteiger partial charge in [-0.3, -0.25) is 5.09 Å². The molecule has 38 heavy (non-hydrogen) atoms. The molecular weight excluding hydrogens is 587 g/mol. The first kappa shape index (κ1) is 30.3. The third-order valence-electron chi connectivity index (χ3n) is 5.04. The van der Waals surface area contributed by atoms with Gasteiger partial charge < -0.3 is 18.9 Å². The SMILES string of the molecule is CC(NC(=S)NP(=O)(Oc1ccccc1)N(CCCl)CCCl)P(=O)(Oc1ccccc1)Oc1ccccc1. The van der Waals surface area contributed by atoms with Crippen molar-refractivity contribution in [3.05, 3.63) is 91.0 Å². The zero-order valence-corrected chi connectivity index (χ0v) is 24.7. The summed E-state index contributed by atoms with van der Waals surface area (Å²) < 4.78 is 47.3.